The Morgan fingerprint density at radius 3 is 2.31 bits per heavy atom. The maximum absolute atomic E-state index is 11.2. The van der Waals surface area contributed by atoms with Crippen molar-refractivity contribution in [3.8, 4) is 11.1 Å². The fourth-order valence-corrected chi connectivity index (χ4v) is 3.78. The van der Waals surface area contributed by atoms with Crippen LogP contribution in [0.1, 0.15) is 58.0 Å². The van der Waals surface area contributed by atoms with Crippen LogP contribution in [0.4, 0.5) is 0 Å². The number of benzene rings is 1. The number of aryl methyl sites for hydroxylation is 2. The fourth-order valence-electron chi connectivity index (χ4n) is 3.78. The molecule has 3 aromatic rings. The number of primary amides is 1. The molecule has 0 atom stereocenters. The van der Waals surface area contributed by atoms with Crippen LogP contribution in [-0.4, -0.2) is 15.9 Å². The Morgan fingerprint density at radius 1 is 1.03 bits per heavy atom. The molecule has 0 unspecified atom stereocenters. The van der Waals surface area contributed by atoms with Crippen LogP contribution in [-0.2, 0) is 30.9 Å². The van der Waals surface area contributed by atoms with Gasteiger partial charge in [-0.15, -0.1) is 0 Å². The van der Waals surface area contributed by atoms with Gasteiger partial charge in [0.2, 0.25) is 5.91 Å². The van der Waals surface area contributed by atoms with Gasteiger partial charge in [-0.1, -0.05) is 43.7 Å². The fraction of sp³-hybridized carbons (Fsp3) is 0.346. The van der Waals surface area contributed by atoms with Crippen LogP contribution in [0.3, 0.4) is 0 Å². The first-order valence-corrected chi connectivity index (χ1v) is 10.9. The van der Waals surface area contributed by atoms with E-state index < -0.39 is 5.91 Å². The second-order valence-electron chi connectivity index (χ2n) is 8.54. The summed E-state index contributed by atoms with van der Waals surface area (Å²) in [4.78, 5) is 20.4. The third-order valence-corrected chi connectivity index (χ3v) is 5.44. The Hall–Kier alpha value is -3.09. The van der Waals surface area contributed by atoms with E-state index in [2.05, 4.69) is 50.0 Å². The molecule has 0 radical (unpaired) electrons. The predicted octanol–water partition coefficient (Wildman–Crippen LogP) is 4.23. The Labute approximate surface area is 190 Å². The van der Waals surface area contributed by atoms with Crippen LogP contribution >= 0.6 is 0 Å². The molecular weight excluding hydrogens is 400 g/mol. The van der Waals surface area contributed by atoms with Crippen molar-refractivity contribution in [2.75, 3.05) is 0 Å². The van der Waals surface area contributed by atoms with Gasteiger partial charge in [0.05, 0.1) is 24.5 Å². The highest BCUT2D eigenvalue weighted by atomic mass is 16.5. The summed E-state index contributed by atoms with van der Waals surface area (Å²) in [7, 11) is 0. The molecule has 4 N–H and O–H groups in total. The van der Waals surface area contributed by atoms with E-state index >= 15 is 0 Å². The molecule has 3 rings (SSSR count). The summed E-state index contributed by atoms with van der Waals surface area (Å²) in [5.74, 6) is -0.0141. The number of amides is 1. The van der Waals surface area contributed by atoms with Crippen LogP contribution in [0, 0.1) is 19.8 Å². The number of pyridine rings is 2. The van der Waals surface area contributed by atoms with Gasteiger partial charge in [-0.05, 0) is 55.0 Å². The third-order valence-electron chi connectivity index (χ3n) is 5.44. The summed E-state index contributed by atoms with van der Waals surface area (Å²) in [6.45, 7) is 9.61. The van der Waals surface area contributed by atoms with E-state index in [1.54, 1.807) is 12.1 Å². The Balaban J connectivity index is 1.94. The largest absolute Gasteiger partial charge is 0.370 e. The minimum atomic E-state index is -0.495. The van der Waals surface area contributed by atoms with E-state index in [1.807, 2.05) is 6.92 Å². The van der Waals surface area contributed by atoms with E-state index in [9.17, 15) is 4.79 Å². The highest BCUT2D eigenvalue weighted by Crippen LogP contribution is 2.33. The average Bonchev–Trinajstić information content (AvgIpc) is 2.75. The number of hydrogen-bond donors (Lipinski definition) is 2. The number of aromatic nitrogens is 2. The quantitative estimate of drug-likeness (QED) is 0.526. The lowest BCUT2D eigenvalue weighted by molar-refractivity contribution is 0.0996. The maximum Gasteiger partial charge on any atom is 0.250 e. The number of ether oxygens (including phenoxy) is 1. The summed E-state index contributed by atoms with van der Waals surface area (Å²) in [6.07, 6.45) is 2.35. The summed E-state index contributed by atoms with van der Waals surface area (Å²) in [5.41, 5.74) is 20.2. The molecule has 0 aliphatic carbocycles. The van der Waals surface area contributed by atoms with Crippen LogP contribution in [0.2, 0.25) is 0 Å². The van der Waals surface area contributed by atoms with E-state index in [0.717, 1.165) is 45.8 Å². The van der Waals surface area contributed by atoms with Gasteiger partial charge in [-0.2, -0.15) is 0 Å². The van der Waals surface area contributed by atoms with Crippen molar-refractivity contribution in [1.29, 1.82) is 0 Å². The Kier molecular flexibility index (Phi) is 7.72. The first kappa shape index (κ1) is 23.6. The van der Waals surface area contributed by atoms with Gasteiger partial charge in [0, 0.05) is 29.7 Å². The molecule has 0 fully saturated rings. The number of carbonyl (C=O) groups excluding carboxylic acids is 1. The minimum Gasteiger partial charge on any atom is -0.370 e. The van der Waals surface area contributed by atoms with Crippen molar-refractivity contribution >= 4 is 5.91 Å². The molecule has 0 saturated carbocycles. The zero-order valence-corrected chi connectivity index (χ0v) is 19.3. The molecular formula is C26H32N4O2. The predicted molar refractivity (Wildman–Crippen MR) is 127 cm³/mol. The zero-order chi connectivity index (χ0) is 23.3. The molecule has 6 nitrogen and oxygen atoms in total. The van der Waals surface area contributed by atoms with Gasteiger partial charge >= 0.3 is 0 Å². The van der Waals surface area contributed by atoms with Crippen molar-refractivity contribution in [3.63, 3.8) is 0 Å². The molecule has 32 heavy (non-hydrogen) atoms. The van der Waals surface area contributed by atoms with Gasteiger partial charge < -0.3 is 16.2 Å². The molecule has 1 amide bonds. The Morgan fingerprint density at radius 2 is 1.75 bits per heavy atom. The standard InChI is InChI=1S/C26H32N4O2/c1-16(2)11-24-22(12-27)25(19-7-5-17(3)6-8-19)23(18(4)30-24)15-32-14-21-10-9-20(13-29-21)26(28)31/h5-10,13,16H,11-12,14-15,27H2,1-4H3,(H2,28,31). The number of nitrogens with zero attached hydrogens (tertiary/aromatic N) is 2. The molecule has 0 aliphatic rings. The van der Waals surface area contributed by atoms with Crippen molar-refractivity contribution in [1.82, 2.24) is 9.97 Å². The van der Waals surface area contributed by atoms with Gasteiger partial charge in [-0.3, -0.25) is 14.8 Å². The number of rotatable bonds is 9. The normalized spacial score (nSPS) is 11.2. The smallest absolute Gasteiger partial charge is 0.250 e. The second-order valence-corrected chi connectivity index (χ2v) is 8.54. The molecule has 0 spiro atoms. The van der Waals surface area contributed by atoms with E-state index in [4.69, 9.17) is 21.2 Å². The summed E-state index contributed by atoms with van der Waals surface area (Å²) in [5, 5.41) is 0. The number of carbonyl (C=O) groups is 1. The van der Waals surface area contributed by atoms with Gasteiger partial charge in [0.1, 0.15) is 0 Å². The van der Waals surface area contributed by atoms with E-state index in [-0.39, 0.29) is 0 Å². The van der Waals surface area contributed by atoms with Gasteiger partial charge in [0.15, 0.2) is 0 Å². The molecule has 1 aromatic carbocycles. The lowest BCUT2D eigenvalue weighted by Crippen LogP contribution is -2.14. The highest BCUT2D eigenvalue weighted by Gasteiger charge is 2.19. The Bertz CT molecular complexity index is 1070. The first-order chi connectivity index (χ1) is 15.3. The number of nitrogens with two attached hydrogens (primary N) is 2. The molecule has 0 aliphatic heterocycles. The zero-order valence-electron chi connectivity index (χ0n) is 19.3. The lowest BCUT2D eigenvalue weighted by atomic mass is 9.90. The topological polar surface area (TPSA) is 104 Å². The van der Waals surface area contributed by atoms with Crippen LogP contribution in [0.15, 0.2) is 42.6 Å². The maximum atomic E-state index is 11.2. The molecule has 6 heteroatoms. The van der Waals surface area contributed by atoms with Crippen molar-refractivity contribution < 1.29 is 9.53 Å². The summed E-state index contributed by atoms with van der Waals surface area (Å²) in [6, 6.07) is 11.9. The molecule has 2 aromatic heterocycles. The number of hydrogen-bond acceptors (Lipinski definition) is 5. The third kappa shape index (κ3) is 5.58. The monoisotopic (exact) mass is 432 g/mol. The van der Waals surface area contributed by atoms with Crippen LogP contribution < -0.4 is 11.5 Å². The lowest BCUT2D eigenvalue weighted by Gasteiger charge is -2.21. The molecule has 168 valence electrons. The van der Waals surface area contributed by atoms with E-state index in [1.165, 1.54) is 11.8 Å². The minimum absolute atomic E-state index is 0.317. The summed E-state index contributed by atoms with van der Waals surface area (Å²) >= 11 is 0. The highest BCUT2D eigenvalue weighted by molar-refractivity contribution is 5.92. The first-order valence-electron chi connectivity index (χ1n) is 10.9. The molecule has 0 bridgehead atoms. The molecule has 0 saturated heterocycles. The van der Waals surface area contributed by atoms with Crippen molar-refractivity contribution in [2.45, 2.75) is 53.9 Å². The van der Waals surface area contributed by atoms with Crippen molar-refractivity contribution in [3.05, 3.63) is 81.9 Å². The van der Waals surface area contributed by atoms with Crippen LogP contribution in [0.25, 0.3) is 11.1 Å². The van der Waals surface area contributed by atoms with Crippen molar-refractivity contribution in [2.24, 2.45) is 17.4 Å². The second kappa shape index (κ2) is 10.5. The average molecular weight is 433 g/mol. The summed E-state index contributed by atoms with van der Waals surface area (Å²) < 4.78 is 6.03. The van der Waals surface area contributed by atoms with E-state index in [0.29, 0.717) is 31.2 Å². The van der Waals surface area contributed by atoms with Gasteiger partial charge in [-0.25, -0.2) is 0 Å². The van der Waals surface area contributed by atoms with Gasteiger partial charge in [0.25, 0.3) is 0 Å². The SMILES string of the molecule is Cc1ccc(-c2c(COCc3ccc(C(N)=O)cn3)c(C)nc(CC(C)C)c2CN)cc1. The van der Waals surface area contributed by atoms with Crippen LogP contribution in [0.5, 0.6) is 0 Å². The molecule has 2 heterocycles.